The predicted octanol–water partition coefficient (Wildman–Crippen LogP) is -0.787. The molecule has 1 saturated heterocycles. The Morgan fingerprint density at radius 1 is 0.800 bits per heavy atom. The molecule has 3 rings (SSSR count). The molecule has 3 heterocycles. The average molecular weight is 561 g/mol. The summed E-state index contributed by atoms with van der Waals surface area (Å²) in [6.07, 6.45) is 0. The van der Waals surface area contributed by atoms with E-state index in [0.29, 0.717) is 11.5 Å². The number of fused-ring (bicyclic) bond motifs is 1. The van der Waals surface area contributed by atoms with Crippen molar-refractivity contribution in [2.45, 2.75) is 13.8 Å². The van der Waals surface area contributed by atoms with Gasteiger partial charge in [0.2, 0.25) is 5.82 Å². The minimum Gasteiger partial charge on any atom is -0.480 e. The van der Waals surface area contributed by atoms with Crippen molar-refractivity contribution < 1.29 is 34.5 Å². The number of carbonyl (C=O) groups excluding carboxylic acids is 1. The van der Waals surface area contributed by atoms with Gasteiger partial charge >= 0.3 is 17.9 Å². The minimum atomic E-state index is -1.03. The fourth-order valence-corrected chi connectivity index (χ4v) is 5.18. The third kappa shape index (κ3) is 8.64. The summed E-state index contributed by atoms with van der Waals surface area (Å²) in [5.41, 5.74) is 8.04. The SMILES string of the molecule is Cc1cc(C)c2ccc([N+]3(CC(N)=O)CCN(CC(=O)O)CCN(CC(=O)O)CCN(CC(=O)O)CC3)nc2n1. The van der Waals surface area contributed by atoms with E-state index in [1.54, 1.807) is 14.7 Å². The van der Waals surface area contributed by atoms with E-state index in [-0.39, 0.29) is 83.0 Å². The van der Waals surface area contributed by atoms with Crippen LogP contribution in [0, 0.1) is 13.8 Å². The number of nitrogens with zero attached hydrogens (tertiary/aromatic N) is 6. The van der Waals surface area contributed by atoms with Gasteiger partial charge in [0, 0.05) is 56.4 Å². The third-order valence-electron chi connectivity index (χ3n) is 7.17. The lowest BCUT2D eigenvalue weighted by Gasteiger charge is -2.40. The number of rotatable bonds is 9. The van der Waals surface area contributed by atoms with E-state index >= 15 is 0 Å². The molecule has 0 aromatic carbocycles. The molecule has 0 atom stereocenters. The smallest absolute Gasteiger partial charge is 0.317 e. The molecule has 1 amide bonds. The van der Waals surface area contributed by atoms with Crippen molar-refractivity contribution in [3.8, 4) is 0 Å². The van der Waals surface area contributed by atoms with Crippen molar-refractivity contribution in [3.63, 3.8) is 0 Å². The Labute approximate surface area is 232 Å². The van der Waals surface area contributed by atoms with Gasteiger partial charge in [-0.15, -0.1) is 0 Å². The predicted molar refractivity (Wildman–Crippen MR) is 147 cm³/mol. The molecular weight excluding hydrogens is 522 g/mol. The van der Waals surface area contributed by atoms with E-state index < -0.39 is 23.8 Å². The van der Waals surface area contributed by atoms with Crippen LogP contribution in [0.2, 0.25) is 0 Å². The van der Waals surface area contributed by atoms with Crippen LogP contribution in [0.3, 0.4) is 0 Å². The molecule has 5 N–H and O–H groups in total. The zero-order chi connectivity index (χ0) is 29.4. The Morgan fingerprint density at radius 3 is 1.73 bits per heavy atom. The van der Waals surface area contributed by atoms with Gasteiger partial charge in [0.15, 0.2) is 12.2 Å². The first-order valence-electron chi connectivity index (χ1n) is 13.1. The fourth-order valence-electron chi connectivity index (χ4n) is 5.18. The van der Waals surface area contributed by atoms with E-state index in [4.69, 9.17) is 10.7 Å². The molecule has 0 bridgehead atoms. The Morgan fingerprint density at radius 2 is 1.27 bits per heavy atom. The highest BCUT2D eigenvalue weighted by molar-refractivity contribution is 5.82. The lowest BCUT2D eigenvalue weighted by molar-refractivity contribution is -0.140. The van der Waals surface area contributed by atoms with Gasteiger partial charge in [-0.3, -0.25) is 38.4 Å². The number of nitrogens with two attached hydrogens (primary N) is 1. The van der Waals surface area contributed by atoms with Gasteiger partial charge in [-0.1, -0.05) is 0 Å². The van der Waals surface area contributed by atoms with Crippen LogP contribution in [0.15, 0.2) is 18.2 Å². The molecule has 14 heteroatoms. The van der Waals surface area contributed by atoms with E-state index in [1.807, 2.05) is 32.0 Å². The standard InChI is InChI=1S/C26H37N7O7/c1-18-13-19(2)28-26-20(18)3-4-22(29-26)33(17-21(27)34)11-9-31(15-24(37)38)7-5-30(14-23(35)36)6-8-32(10-12-33)16-25(39)40/h3-4,13H,5-12,14-17H2,1-2H3,(H4-,27,34,35,36,37,38,39,40)/p+1. The number of amides is 1. The number of hydrogen-bond donors (Lipinski definition) is 4. The normalized spacial score (nSPS) is 18.1. The summed E-state index contributed by atoms with van der Waals surface area (Å²) >= 11 is 0. The van der Waals surface area contributed by atoms with Gasteiger partial charge in [0.05, 0.1) is 32.7 Å². The molecule has 14 nitrogen and oxygen atoms in total. The van der Waals surface area contributed by atoms with Crippen LogP contribution < -0.4 is 10.2 Å². The van der Waals surface area contributed by atoms with Crippen molar-refractivity contribution in [1.29, 1.82) is 0 Å². The average Bonchev–Trinajstić information content (AvgIpc) is 2.84. The van der Waals surface area contributed by atoms with Crippen LogP contribution in [0.1, 0.15) is 11.3 Å². The Balaban J connectivity index is 2.07. The van der Waals surface area contributed by atoms with Crippen LogP contribution >= 0.6 is 0 Å². The Bertz CT molecular complexity index is 1220. The van der Waals surface area contributed by atoms with Gasteiger partial charge in [0.1, 0.15) is 0 Å². The maximum Gasteiger partial charge on any atom is 0.317 e. The minimum absolute atomic E-state index is 0.0228. The van der Waals surface area contributed by atoms with Gasteiger partial charge < -0.3 is 21.1 Å². The molecule has 1 fully saturated rings. The van der Waals surface area contributed by atoms with E-state index in [9.17, 15) is 34.5 Å². The number of primary amides is 1. The number of carboxylic acid groups (broad SMARTS) is 3. The van der Waals surface area contributed by atoms with E-state index in [1.165, 1.54) is 0 Å². The monoisotopic (exact) mass is 560 g/mol. The maximum atomic E-state index is 12.4. The largest absolute Gasteiger partial charge is 0.480 e. The Kier molecular flexibility index (Phi) is 10.5. The number of carbonyl (C=O) groups is 4. The van der Waals surface area contributed by atoms with Crippen molar-refractivity contribution in [3.05, 3.63) is 29.5 Å². The molecule has 0 radical (unpaired) electrons. The van der Waals surface area contributed by atoms with E-state index in [0.717, 1.165) is 16.6 Å². The molecule has 1 aliphatic rings. The summed E-state index contributed by atoms with van der Waals surface area (Å²) in [6.45, 7) is 5.00. The first-order chi connectivity index (χ1) is 18.9. The highest BCUT2D eigenvalue weighted by Crippen LogP contribution is 2.26. The molecule has 0 aliphatic carbocycles. The topological polar surface area (TPSA) is 190 Å². The van der Waals surface area contributed by atoms with Gasteiger partial charge in [-0.25, -0.2) is 4.98 Å². The molecular formula is C26H38N7O7+. The van der Waals surface area contributed by atoms with E-state index in [2.05, 4.69) is 4.98 Å². The highest BCUT2D eigenvalue weighted by Gasteiger charge is 2.36. The zero-order valence-corrected chi connectivity index (χ0v) is 23.0. The Hall–Kier alpha value is -3.72. The number of quaternary nitrogens is 1. The fraction of sp³-hybridized carbons (Fsp3) is 0.538. The summed E-state index contributed by atoms with van der Waals surface area (Å²) < 4.78 is -0.0228. The van der Waals surface area contributed by atoms with Crippen LogP contribution in [-0.4, -0.2) is 142 Å². The van der Waals surface area contributed by atoms with Gasteiger partial charge in [-0.2, -0.15) is 4.98 Å². The maximum absolute atomic E-state index is 12.4. The summed E-state index contributed by atoms with van der Waals surface area (Å²) in [5, 5.41) is 29.3. The van der Waals surface area contributed by atoms with Crippen molar-refractivity contribution >= 4 is 40.7 Å². The zero-order valence-electron chi connectivity index (χ0n) is 23.0. The number of hydrogen-bond acceptors (Lipinski definition) is 9. The molecule has 2 aromatic rings. The van der Waals surface area contributed by atoms with Crippen LogP contribution in [0.5, 0.6) is 0 Å². The second kappa shape index (κ2) is 13.6. The molecule has 0 saturated carbocycles. The summed E-state index contributed by atoms with van der Waals surface area (Å²) in [5.74, 6) is -3.14. The summed E-state index contributed by atoms with van der Waals surface area (Å²) in [4.78, 5) is 61.7. The van der Waals surface area contributed by atoms with Crippen molar-refractivity contribution in [2.24, 2.45) is 5.73 Å². The lowest BCUT2D eigenvalue weighted by Crippen LogP contribution is -2.61. The first-order valence-corrected chi connectivity index (χ1v) is 13.1. The molecule has 0 spiro atoms. The van der Waals surface area contributed by atoms with Gasteiger partial charge in [-0.05, 0) is 31.5 Å². The van der Waals surface area contributed by atoms with Gasteiger partial charge in [0.25, 0.3) is 5.91 Å². The quantitative estimate of drug-likeness (QED) is 0.280. The number of aliphatic carboxylic acids is 3. The molecule has 0 unspecified atom stereocenters. The van der Waals surface area contributed by atoms with Crippen LogP contribution in [-0.2, 0) is 19.2 Å². The number of aryl methyl sites for hydroxylation is 2. The summed E-state index contributed by atoms with van der Waals surface area (Å²) in [6, 6.07) is 5.66. The second-order valence-electron chi connectivity index (χ2n) is 10.3. The second-order valence-corrected chi connectivity index (χ2v) is 10.3. The highest BCUT2D eigenvalue weighted by atomic mass is 16.4. The number of carboxylic acids is 3. The van der Waals surface area contributed by atoms with Crippen LogP contribution in [0.4, 0.5) is 5.82 Å². The summed E-state index contributed by atoms with van der Waals surface area (Å²) in [7, 11) is 0. The lowest BCUT2D eigenvalue weighted by atomic mass is 10.1. The first kappa shape index (κ1) is 30.8. The molecule has 40 heavy (non-hydrogen) atoms. The van der Waals surface area contributed by atoms with Crippen molar-refractivity contribution in [2.75, 3.05) is 78.5 Å². The third-order valence-corrected chi connectivity index (χ3v) is 7.17. The number of aromatic nitrogens is 2. The molecule has 1 aliphatic heterocycles. The van der Waals surface area contributed by atoms with Crippen molar-refractivity contribution in [1.82, 2.24) is 29.2 Å². The number of pyridine rings is 2. The van der Waals surface area contributed by atoms with Crippen LogP contribution in [0.25, 0.3) is 11.0 Å². The molecule has 2 aromatic heterocycles. The molecule has 218 valence electrons.